The van der Waals surface area contributed by atoms with Crippen LogP contribution in [0.2, 0.25) is 0 Å². The number of rotatable bonds is 3. The van der Waals surface area contributed by atoms with Crippen molar-refractivity contribution in [2.45, 2.75) is 19.8 Å². The van der Waals surface area contributed by atoms with Crippen molar-refractivity contribution in [2.24, 2.45) is 23.7 Å². The Morgan fingerprint density at radius 2 is 1.93 bits per heavy atom. The van der Waals surface area contributed by atoms with Gasteiger partial charge in [0.05, 0.1) is 18.4 Å². The minimum atomic E-state index is -0.722. The van der Waals surface area contributed by atoms with Crippen molar-refractivity contribution < 1.29 is 19.4 Å². The first-order valence-electron chi connectivity index (χ1n) is 5.04. The standard InChI is InChI=1S/C10H14O4/c1-2-14-10(13)8-6-3-5(9(11)12)4-7(6)8/h5-8H,2-4H2,1H3,(H,11,12). The Bertz CT molecular complexity index is 261. The van der Waals surface area contributed by atoms with E-state index in [2.05, 4.69) is 0 Å². The zero-order valence-corrected chi connectivity index (χ0v) is 8.10. The SMILES string of the molecule is CCOC(=O)C1C2CC(C(=O)O)CC21. The summed E-state index contributed by atoms with van der Waals surface area (Å²) in [4.78, 5) is 22.0. The number of carbonyl (C=O) groups excluding carboxylic acids is 1. The Kier molecular flexibility index (Phi) is 2.21. The number of aliphatic carboxylic acids is 1. The van der Waals surface area contributed by atoms with Crippen LogP contribution in [0.5, 0.6) is 0 Å². The van der Waals surface area contributed by atoms with Gasteiger partial charge in [-0.05, 0) is 31.6 Å². The molecule has 0 aromatic rings. The monoisotopic (exact) mass is 198 g/mol. The second-order valence-electron chi connectivity index (χ2n) is 4.11. The molecular formula is C10H14O4. The van der Waals surface area contributed by atoms with E-state index in [1.807, 2.05) is 0 Å². The average Bonchev–Trinajstić information content (AvgIpc) is 2.62. The van der Waals surface area contributed by atoms with Gasteiger partial charge in [-0.2, -0.15) is 0 Å². The molecule has 2 aliphatic carbocycles. The van der Waals surface area contributed by atoms with E-state index >= 15 is 0 Å². The first-order valence-corrected chi connectivity index (χ1v) is 5.04. The predicted molar refractivity (Wildman–Crippen MR) is 47.5 cm³/mol. The van der Waals surface area contributed by atoms with E-state index in [9.17, 15) is 9.59 Å². The van der Waals surface area contributed by atoms with Crippen molar-refractivity contribution in [3.63, 3.8) is 0 Å². The molecule has 2 aliphatic rings. The van der Waals surface area contributed by atoms with Crippen molar-refractivity contribution >= 4 is 11.9 Å². The van der Waals surface area contributed by atoms with Crippen molar-refractivity contribution in [3.05, 3.63) is 0 Å². The molecule has 2 rings (SSSR count). The number of fused-ring (bicyclic) bond motifs is 1. The number of hydrogen-bond donors (Lipinski definition) is 1. The molecule has 2 atom stereocenters. The first-order chi connectivity index (χ1) is 6.65. The van der Waals surface area contributed by atoms with Crippen molar-refractivity contribution in [3.8, 4) is 0 Å². The smallest absolute Gasteiger partial charge is 0.309 e. The van der Waals surface area contributed by atoms with Crippen molar-refractivity contribution in [2.75, 3.05) is 6.61 Å². The molecule has 0 spiro atoms. The van der Waals surface area contributed by atoms with Crippen LogP contribution in [-0.4, -0.2) is 23.7 Å². The molecule has 4 nitrogen and oxygen atoms in total. The van der Waals surface area contributed by atoms with Gasteiger partial charge in [0.1, 0.15) is 0 Å². The van der Waals surface area contributed by atoms with Gasteiger partial charge in [0.2, 0.25) is 0 Å². The van der Waals surface area contributed by atoms with Crippen LogP contribution in [-0.2, 0) is 14.3 Å². The number of carboxylic acid groups (broad SMARTS) is 1. The fraction of sp³-hybridized carbons (Fsp3) is 0.800. The second-order valence-corrected chi connectivity index (χ2v) is 4.11. The van der Waals surface area contributed by atoms with Crippen LogP contribution in [0.15, 0.2) is 0 Å². The normalized spacial score (nSPS) is 38.9. The average molecular weight is 198 g/mol. The molecule has 78 valence electrons. The Labute approximate surface area is 82.2 Å². The zero-order chi connectivity index (χ0) is 10.3. The molecule has 0 saturated heterocycles. The zero-order valence-electron chi connectivity index (χ0n) is 8.10. The Morgan fingerprint density at radius 1 is 1.36 bits per heavy atom. The summed E-state index contributed by atoms with van der Waals surface area (Å²) in [5, 5.41) is 8.76. The molecule has 0 aliphatic heterocycles. The predicted octanol–water partition coefficient (Wildman–Crippen LogP) is 0.906. The first kappa shape index (κ1) is 9.49. The van der Waals surface area contributed by atoms with Gasteiger partial charge in [-0.15, -0.1) is 0 Å². The summed E-state index contributed by atoms with van der Waals surface area (Å²) in [6.45, 7) is 2.20. The largest absolute Gasteiger partial charge is 0.481 e. The number of carbonyl (C=O) groups is 2. The van der Waals surface area contributed by atoms with Gasteiger partial charge in [-0.25, -0.2) is 0 Å². The van der Waals surface area contributed by atoms with Gasteiger partial charge in [-0.1, -0.05) is 0 Å². The number of ether oxygens (including phenoxy) is 1. The van der Waals surface area contributed by atoms with E-state index in [4.69, 9.17) is 9.84 Å². The van der Waals surface area contributed by atoms with Crippen LogP contribution in [0.3, 0.4) is 0 Å². The highest BCUT2D eigenvalue weighted by Crippen LogP contribution is 2.60. The van der Waals surface area contributed by atoms with Crippen molar-refractivity contribution in [1.29, 1.82) is 0 Å². The highest BCUT2D eigenvalue weighted by atomic mass is 16.5. The molecule has 0 aromatic heterocycles. The molecule has 2 unspecified atom stereocenters. The third-order valence-electron chi connectivity index (χ3n) is 3.35. The summed E-state index contributed by atoms with van der Waals surface area (Å²) >= 11 is 0. The molecule has 0 heterocycles. The topological polar surface area (TPSA) is 63.6 Å². The Hall–Kier alpha value is -1.06. The number of esters is 1. The summed E-state index contributed by atoms with van der Waals surface area (Å²) < 4.78 is 4.91. The van der Waals surface area contributed by atoms with E-state index in [0.29, 0.717) is 19.4 Å². The lowest BCUT2D eigenvalue weighted by molar-refractivity contribution is -0.147. The third kappa shape index (κ3) is 1.38. The van der Waals surface area contributed by atoms with Crippen LogP contribution < -0.4 is 0 Å². The van der Waals surface area contributed by atoms with Crippen LogP contribution in [0.1, 0.15) is 19.8 Å². The summed E-state index contributed by atoms with van der Waals surface area (Å²) in [6.07, 6.45) is 1.31. The third-order valence-corrected chi connectivity index (χ3v) is 3.35. The quantitative estimate of drug-likeness (QED) is 0.684. The van der Waals surface area contributed by atoms with Gasteiger partial charge >= 0.3 is 11.9 Å². The fourth-order valence-electron chi connectivity index (χ4n) is 2.63. The van der Waals surface area contributed by atoms with Gasteiger partial charge < -0.3 is 9.84 Å². The molecule has 2 saturated carbocycles. The summed E-state index contributed by atoms with van der Waals surface area (Å²) in [6, 6.07) is 0. The Balaban J connectivity index is 1.85. The number of hydrogen-bond acceptors (Lipinski definition) is 3. The van der Waals surface area contributed by atoms with Crippen LogP contribution in [0.25, 0.3) is 0 Å². The molecule has 0 bridgehead atoms. The maximum Gasteiger partial charge on any atom is 0.309 e. The van der Waals surface area contributed by atoms with Crippen molar-refractivity contribution in [1.82, 2.24) is 0 Å². The van der Waals surface area contributed by atoms with E-state index in [0.717, 1.165) is 0 Å². The molecular weight excluding hydrogens is 184 g/mol. The van der Waals surface area contributed by atoms with Gasteiger partial charge in [-0.3, -0.25) is 9.59 Å². The van der Waals surface area contributed by atoms with E-state index < -0.39 is 5.97 Å². The molecule has 0 amide bonds. The molecule has 2 fully saturated rings. The van der Waals surface area contributed by atoms with Gasteiger partial charge in [0, 0.05) is 0 Å². The van der Waals surface area contributed by atoms with Crippen LogP contribution in [0, 0.1) is 23.7 Å². The van der Waals surface area contributed by atoms with Gasteiger partial charge in [0.25, 0.3) is 0 Å². The van der Waals surface area contributed by atoms with E-state index in [1.54, 1.807) is 6.92 Å². The minimum Gasteiger partial charge on any atom is -0.481 e. The molecule has 4 heteroatoms. The summed E-state index contributed by atoms with van der Waals surface area (Å²) in [5.41, 5.74) is 0. The second kappa shape index (κ2) is 3.26. The maximum atomic E-state index is 11.3. The lowest BCUT2D eigenvalue weighted by Gasteiger charge is -2.08. The van der Waals surface area contributed by atoms with E-state index in [1.165, 1.54) is 0 Å². The molecule has 14 heavy (non-hydrogen) atoms. The maximum absolute atomic E-state index is 11.3. The van der Waals surface area contributed by atoms with Crippen LogP contribution >= 0.6 is 0 Å². The summed E-state index contributed by atoms with van der Waals surface area (Å²) in [5.74, 6) is -0.502. The van der Waals surface area contributed by atoms with Gasteiger partial charge in [0.15, 0.2) is 0 Å². The summed E-state index contributed by atoms with van der Waals surface area (Å²) in [7, 11) is 0. The lowest BCUT2D eigenvalue weighted by atomic mass is 10.0. The lowest BCUT2D eigenvalue weighted by Crippen LogP contribution is -2.17. The minimum absolute atomic E-state index is 0.00514. The van der Waals surface area contributed by atoms with E-state index in [-0.39, 0.29) is 29.6 Å². The highest BCUT2D eigenvalue weighted by Gasteiger charge is 2.61. The molecule has 0 radical (unpaired) electrons. The van der Waals surface area contributed by atoms with Crippen LogP contribution in [0.4, 0.5) is 0 Å². The molecule has 1 N–H and O–H groups in total. The highest BCUT2D eigenvalue weighted by molar-refractivity contribution is 5.78. The number of carboxylic acids is 1. The Morgan fingerprint density at radius 3 is 2.36 bits per heavy atom. The fourth-order valence-corrected chi connectivity index (χ4v) is 2.63. The molecule has 0 aromatic carbocycles.